The fraction of sp³-hybridized carbons (Fsp3) is 0.308. The summed E-state index contributed by atoms with van der Waals surface area (Å²) in [6.45, 7) is 1.90. The predicted molar refractivity (Wildman–Crippen MR) is 75.5 cm³/mol. The van der Waals surface area contributed by atoms with Crippen molar-refractivity contribution in [3.05, 3.63) is 36.2 Å². The number of anilines is 2. The van der Waals surface area contributed by atoms with Crippen molar-refractivity contribution in [1.29, 1.82) is 0 Å². The van der Waals surface area contributed by atoms with Crippen LogP contribution in [0.5, 0.6) is 0 Å². The minimum atomic E-state index is -4.66. The van der Waals surface area contributed by atoms with Crippen LogP contribution in [0.3, 0.4) is 0 Å². The van der Waals surface area contributed by atoms with Crippen LogP contribution in [-0.2, 0) is 23.3 Å². The molecule has 0 aliphatic carbocycles. The molecule has 0 unspecified atom stereocenters. The Balaban J connectivity index is 2.46. The third-order valence-electron chi connectivity index (χ3n) is 2.94. The molecule has 0 bridgehead atoms. The minimum Gasteiger partial charge on any atom is -0.352 e. The van der Waals surface area contributed by atoms with Crippen LogP contribution >= 0.6 is 0 Å². The van der Waals surface area contributed by atoms with Crippen molar-refractivity contribution >= 4 is 21.2 Å². The Morgan fingerprint density at radius 3 is 2.57 bits per heavy atom. The first-order valence-corrected chi connectivity index (χ1v) is 7.81. The van der Waals surface area contributed by atoms with Crippen LogP contribution in [0.15, 0.2) is 35.4 Å². The maximum Gasteiger partial charge on any atom is 0.341 e. The summed E-state index contributed by atoms with van der Waals surface area (Å²) in [7, 11) is -2.94. The van der Waals surface area contributed by atoms with Crippen LogP contribution in [0.4, 0.5) is 20.2 Å². The Bertz CT molecular complexity index is 742. The molecule has 0 fully saturated rings. The predicted octanol–water partition coefficient (Wildman–Crippen LogP) is 2.72. The molecule has 0 saturated carbocycles. The lowest BCUT2D eigenvalue weighted by atomic mass is 10.2. The van der Waals surface area contributed by atoms with Crippen LogP contribution in [0, 0.1) is 0 Å². The van der Waals surface area contributed by atoms with E-state index in [4.69, 9.17) is 0 Å². The number of hydrogen-bond acceptors (Lipinski definition) is 4. The van der Waals surface area contributed by atoms with Crippen molar-refractivity contribution < 1.29 is 17.2 Å². The first-order chi connectivity index (χ1) is 9.86. The van der Waals surface area contributed by atoms with Gasteiger partial charge < -0.3 is 5.32 Å². The standard InChI is InChI=1S/C13H15F2N3O2S/c1-3-9-11(8-18(2)17-9)16-10-6-4-5-7-12(10)21(19,20)13(14)15/h4-8,13,16H,3H2,1-2H3. The molecule has 0 aliphatic rings. The zero-order valence-corrected chi connectivity index (χ0v) is 12.4. The molecule has 1 aromatic heterocycles. The molecule has 0 saturated heterocycles. The number of halogens is 2. The van der Waals surface area contributed by atoms with E-state index in [1.807, 2.05) is 6.92 Å². The summed E-state index contributed by atoms with van der Waals surface area (Å²) in [6, 6.07) is 5.59. The van der Waals surface area contributed by atoms with E-state index in [0.29, 0.717) is 12.1 Å². The van der Waals surface area contributed by atoms with E-state index >= 15 is 0 Å². The van der Waals surface area contributed by atoms with Gasteiger partial charge >= 0.3 is 5.76 Å². The highest BCUT2D eigenvalue weighted by Gasteiger charge is 2.29. The molecule has 114 valence electrons. The van der Waals surface area contributed by atoms with Crippen molar-refractivity contribution in [3.63, 3.8) is 0 Å². The van der Waals surface area contributed by atoms with Crippen molar-refractivity contribution in [2.24, 2.45) is 7.05 Å². The third kappa shape index (κ3) is 3.05. The number of sulfone groups is 1. The number of nitrogens with zero attached hydrogens (tertiary/aromatic N) is 2. The fourth-order valence-electron chi connectivity index (χ4n) is 1.96. The molecule has 1 N–H and O–H groups in total. The van der Waals surface area contributed by atoms with Gasteiger partial charge in [-0.15, -0.1) is 0 Å². The summed E-state index contributed by atoms with van der Waals surface area (Å²) >= 11 is 0. The number of hydrogen-bond donors (Lipinski definition) is 1. The molecule has 21 heavy (non-hydrogen) atoms. The largest absolute Gasteiger partial charge is 0.352 e. The van der Waals surface area contributed by atoms with E-state index in [9.17, 15) is 17.2 Å². The summed E-state index contributed by atoms with van der Waals surface area (Å²) in [5.74, 6) is -3.46. The zero-order chi connectivity index (χ0) is 15.6. The van der Waals surface area contributed by atoms with E-state index < -0.39 is 20.5 Å². The van der Waals surface area contributed by atoms with Gasteiger partial charge in [0, 0.05) is 13.2 Å². The molecular formula is C13H15F2N3O2S. The number of para-hydroxylation sites is 1. The van der Waals surface area contributed by atoms with E-state index in [1.54, 1.807) is 24.0 Å². The molecule has 2 aromatic rings. The van der Waals surface area contributed by atoms with Crippen molar-refractivity contribution in [2.75, 3.05) is 5.32 Å². The second kappa shape index (κ2) is 5.80. The zero-order valence-electron chi connectivity index (χ0n) is 11.5. The van der Waals surface area contributed by atoms with Gasteiger partial charge in [0.1, 0.15) is 0 Å². The van der Waals surface area contributed by atoms with E-state index in [-0.39, 0.29) is 5.69 Å². The molecular weight excluding hydrogens is 300 g/mol. The van der Waals surface area contributed by atoms with E-state index in [0.717, 1.165) is 11.8 Å². The lowest BCUT2D eigenvalue weighted by molar-refractivity contribution is 0.235. The number of benzene rings is 1. The Labute approximate surface area is 121 Å². The summed E-state index contributed by atoms with van der Waals surface area (Å²) < 4.78 is 50.4. The van der Waals surface area contributed by atoms with Gasteiger partial charge in [0.15, 0.2) is 0 Å². The fourth-order valence-corrected chi connectivity index (χ4v) is 2.84. The second-order valence-electron chi connectivity index (χ2n) is 4.44. The maximum absolute atomic E-state index is 12.7. The Kier molecular flexibility index (Phi) is 4.26. The van der Waals surface area contributed by atoms with E-state index in [2.05, 4.69) is 10.4 Å². The Morgan fingerprint density at radius 2 is 1.95 bits per heavy atom. The van der Waals surface area contributed by atoms with Gasteiger partial charge in [0.2, 0.25) is 9.84 Å². The average molecular weight is 315 g/mol. The van der Waals surface area contributed by atoms with Crippen LogP contribution in [0.2, 0.25) is 0 Å². The lowest BCUT2D eigenvalue weighted by Gasteiger charge is -2.11. The number of nitrogens with one attached hydrogen (secondary N) is 1. The summed E-state index contributed by atoms with van der Waals surface area (Å²) in [5, 5.41) is 7.09. The normalized spacial score (nSPS) is 11.9. The highest BCUT2D eigenvalue weighted by molar-refractivity contribution is 7.91. The van der Waals surface area contributed by atoms with Crippen molar-refractivity contribution in [3.8, 4) is 0 Å². The van der Waals surface area contributed by atoms with Crippen LogP contribution in [0.1, 0.15) is 12.6 Å². The van der Waals surface area contributed by atoms with Crippen LogP contribution < -0.4 is 5.32 Å². The lowest BCUT2D eigenvalue weighted by Crippen LogP contribution is -2.13. The van der Waals surface area contributed by atoms with E-state index in [1.165, 1.54) is 12.1 Å². The SMILES string of the molecule is CCc1nn(C)cc1Nc1ccccc1S(=O)(=O)C(F)F. The van der Waals surface area contributed by atoms with Gasteiger partial charge in [-0.05, 0) is 18.6 Å². The highest BCUT2D eigenvalue weighted by atomic mass is 32.2. The molecule has 1 heterocycles. The number of aryl methyl sites for hydroxylation is 2. The van der Waals surface area contributed by atoms with Crippen molar-refractivity contribution in [2.45, 2.75) is 24.0 Å². The van der Waals surface area contributed by atoms with Crippen LogP contribution in [-0.4, -0.2) is 24.0 Å². The van der Waals surface area contributed by atoms with Crippen LogP contribution in [0.25, 0.3) is 0 Å². The Hall–Kier alpha value is -1.96. The van der Waals surface area contributed by atoms with Gasteiger partial charge in [-0.3, -0.25) is 4.68 Å². The number of aromatic nitrogens is 2. The molecule has 8 heteroatoms. The third-order valence-corrected chi connectivity index (χ3v) is 4.38. The van der Waals surface area contributed by atoms with Crippen molar-refractivity contribution in [1.82, 2.24) is 9.78 Å². The van der Waals surface area contributed by atoms with Gasteiger partial charge in [-0.25, -0.2) is 8.42 Å². The first-order valence-electron chi connectivity index (χ1n) is 6.27. The minimum absolute atomic E-state index is 0.112. The van der Waals surface area contributed by atoms with Gasteiger partial charge in [-0.2, -0.15) is 13.9 Å². The molecule has 1 aromatic carbocycles. The topological polar surface area (TPSA) is 64.0 Å². The smallest absolute Gasteiger partial charge is 0.341 e. The molecule has 0 amide bonds. The Morgan fingerprint density at radius 1 is 1.29 bits per heavy atom. The molecule has 0 spiro atoms. The summed E-state index contributed by atoms with van der Waals surface area (Å²) in [6.07, 6.45) is 2.30. The monoisotopic (exact) mass is 315 g/mol. The molecule has 0 atom stereocenters. The maximum atomic E-state index is 12.7. The number of rotatable bonds is 5. The molecule has 2 rings (SSSR count). The highest BCUT2D eigenvalue weighted by Crippen LogP contribution is 2.29. The second-order valence-corrected chi connectivity index (χ2v) is 6.33. The van der Waals surface area contributed by atoms with Gasteiger partial charge in [0.25, 0.3) is 0 Å². The van der Waals surface area contributed by atoms with Gasteiger partial charge in [0.05, 0.1) is 22.0 Å². The number of alkyl halides is 2. The summed E-state index contributed by atoms with van der Waals surface area (Å²) in [4.78, 5) is -0.425. The molecule has 0 radical (unpaired) electrons. The van der Waals surface area contributed by atoms with Gasteiger partial charge in [-0.1, -0.05) is 19.1 Å². The quantitative estimate of drug-likeness (QED) is 0.921. The first kappa shape index (κ1) is 15.4. The molecule has 0 aliphatic heterocycles. The summed E-state index contributed by atoms with van der Waals surface area (Å²) in [5.41, 5.74) is 1.43. The molecule has 5 nitrogen and oxygen atoms in total. The average Bonchev–Trinajstić information content (AvgIpc) is 2.79.